The number of rotatable bonds is 4. The van der Waals surface area contributed by atoms with Crippen molar-refractivity contribution in [2.45, 2.75) is 27.2 Å². The summed E-state index contributed by atoms with van der Waals surface area (Å²) in [5.74, 6) is 0.693. The number of hydrogen-bond donors (Lipinski definition) is 1. The minimum atomic E-state index is 0.380. The van der Waals surface area contributed by atoms with Gasteiger partial charge in [-0.15, -0.1) is 0 Å². The minimum Gasteiger partial charge on any atom is -0.370 e. The lowest BCUT2D eigenvalue weighted by atomic mass is 9.97. The van der Waals surface area contributed by atoms with Crippen molar-refractivity contribution in [3.05, 3.63) is 52.5 Å². The van der Waals surface area contributed by atoms with Crippen molar-refractivity contribution < 1.29 is 0 Å². The molecule has 0 aliphatic carbocycles. The summed E-state index contributed by atoms with van der Waals surface area (Å²) >= 11 is 0. The first-order valence-corrected chi connectivity index (χ1v) is 6.63. The molecule has 0 saturated heterocycles. The third-order valence-electron chi connectivity index (χ3n) is 3.65. The molecule has 1 aromatic carbocycles. The van der Waals surface area contributed by atoms with Gasteiger partial charge in [-0.25, -0.2) is 9.97 Å². The maximum atomic E-state index is 8.79. The van der Waals surface area contributed by atoms with Crippen LogP contribution in [0.5, 0.6) is 0 Å². The summed E-state index contributed by atoms with van der Waals surface area (Å²) < 4.78 is 0. The van der Waals surface area contributed by atoms with Gasteiger partial charge in [0, 0.05) is 12.6 Å². The molecule has 0 spiro atoms. The summed E-state index contributed by atoms with van der Waals surface area (Å²) in [6, 6.07) is 8.01. The summed E-state index contributed by atoms with van der Waals surface area (Å²) in [4.78, 5) is 7.95. The molecule has 1 N–H and O–H groups in total. The van der Waals surface area contributed by atoms with Crippen molar-refractivity contribution >= 4 is 5.82 Å². The molecule has 20 heavy (non-hydrogen) atoms. The number of aromatic nitrogens is 2. The number of anilines is 1. The number of nitrogens with zero attached hydrogens (tertiary/aromatic N) is 3. The lowest BCUT2D eigenvalue weighted by Gasteiger charge is -2.12. The van der Waals surface area contributed by atoms with Crippen molar-refractivity contribution in [2.24, 2.45) is 0 Å². The fraction of sp³-hybridized carbons (Fsp3) is 0.312. The van der Waals surface area contributed by atoms with Gasteiger partial charge < -0.3 is 5.32 Å². The molecule has 0 saturated carbocycles. The molecule has 2 rings (SSSR count). The van der Waals surface area contributed by atoms with Gasteiger partial charge >= 0.3 is 0 Å². The molecule has 1 heterocycles. The van der Waals surface area contributed by atoms with Gasteiger partial charge in [0.2, 0.25) is 0 Å². The Balaban J connectivity index is 2.00. The van der Waals surface area contributed by atoms with Crippen LogP contribution >= 0.6 is 0 Å². The third kappa shape index (κ3) is 3.12. The first kappa shape index (κ1) is 14.0. The van der Waals surface area contributed by atoms with E-state index in [-0.39, 0.29) is 0 Å². The van der Waals surface area contributed by atoms with Crippen molar-refractivity contribution in [3.8, 4) is 6.07 Å². The first-order valence-electron chi connectivity index (χ1n) is 6.63. The Labute approximate surface area is 119 Å². The molecule has 4 heteroatoms. The van der Waals surface area contributed by atoms with E-state index in [2.05, 4.69) is 48.2 Å². The zero-order valence-corrected chi connectivity index (χ0v) is 12.1. The van der Waals surface area contributed by atoms with Crippen LogP contribution in [-0.2, 0) is 6.42 Å². The van der Waals surface area contributed by atoms with Crippen molar-refractivity contribution in [1.29, 1.82) is 5.26 Å². The number of nitriles is 1. The van der Waals surface area contributed by atoms with Crippen LogP contribution in [0.25, 0.3) is 0 Å². The molecule has 2 aromatic rings. The van der Waals surface area contributed by atoms with Gasteiger partial charge in [0.1, 0.15) is 23.9 Å². The van der Waals surface area contributed by atoms with E-state index in [1.54, 1.807) is 6.07 Å². The van der Waals surface area contributed by atoms with E-state index in [0.29, 0.717) is 11.5 Å². The topological polar surface area (TPSA) is 61.6 Å². The van der Waals surface area contributed by atoms with Crippen LogP contribution in [0.1, 0.15) is 27.9 Å². The Bertz CT molecular complexity index is 656. The fourth-order valence-electron chi connectivity index (χ4n) is 2.12. The van der Waals surface area contributed by atoms with E-state index in [0.717, 1.165) is 13.0 Å². The van der Waals surface area contributed by atoms with E-state index < -0.39 is 0 Å². The number of nitrogens with one attached hydrogen (secondary N) is 1. The Hall–Kier alpha value is -2.41. The monoisotopic (exact) mass is 266 g/mol. The fourth-order valence-corrected chi connectivity index (χ4v) is 2.12. The highest BCUT2D eigenvalue weighted by Gasteiger charge is 2.04. The molecular formula is C16H18N4. The van der Waals surface area contributed by atoms with E-state index in [1.165, 1.54) is 28.6 Å². The normalized spacial score (nSPS) is 10.1. The lowest BCUT2D eigenvalue weighted by molar-refractivity contribution is 0.979. The molecule has 102 valence electrons. The number of benzene rings is 1. The molecule has 0 unspecified atom stereocenters. The maximum Gasteiger partial charge on any atom is 0.145 e. The standard InChI is InChI=1S/C16H18N4/c1-11-4-5-14(13(3)12(11)2)6-7-18-16-8-15(9-17)19-10-20-16/h4-5,8,10H,6-7H2,1-3H3,(H,18,19,20). The molecule has 4 nitrogen and oxygen atoms in total. The van der Waals surface area contributed by atoms with Gasteiger partial charge in [-0.2, -0.15) is 5.26 Å². The molecule has 0 bridgehead atoms. The van der Waals surface area contributed by atoms with E-state index in [9.17, 15) is 0 Å². The summed E-state index contributed by atoms with van der Waals surface area (Å²) in [7, 11) is 0. The van der Waals surface area contributed by atoms with E-state index >= 15 is 0 Å². The highest BCUT2D eigenvalue weighted by molar-refractivity contribution is 5.41. The van der Waals surface area contributed by atoms with Crippen LogP contribution in [0, 0.1) is 32.1 Å². The van der Waals surface area contributed by atoms with Gasteiger partial charge in [0.05, 0.1) is 0 Å². The third-order valence-corrected chi connectivity index (χ3v) is 3.65. The SMILES string of the molecule is Cc1ccc(CCNc2cc(C#N)ncn2)c(C)c1C. The van der Waals surface area contributed by atoms with Gasteiger partial charge in [-0.1, -0.05) is 12.1 Å². The molecule has 0 radical (unpaired) electrons. The number of aryl methyl sites for hydroxylation is 1. The van der Waals surface area contributed by atoms with Crippen LogP contribution in [0.15, 0.2) is 24.5 Å². The highest BCUT2D eigenvalue weighted by atomic mass is 15.0. The van der Waals surface area contributed by atoms with Crippen molar-refractivity contribution in [1.82, 2.24) is 9.97 Å². The molecular weight excluding hydrogens is 248 g/mol. The molecule has 0 atom stereocenters. The Morgan fingerprint density at radius 1 is 1.15 bits per heavy atom. The first-order chi connectivity index (χ1) is 9.61. The maximum absolute atomic E-state index is 8.79. The average molecular weight is 266 g/mol. The second-order valence-electron chi connectivity index (χ2n) is 4.87. The van der Waals surface area contributed by atoms with Crippen LogP contribution in [-0.4, -0.2) is 16.5 Å². The summed E-state index contributed by atoms with van der Waals surface area (Å²) in [6.07, 6.45) is 2.33. The predicted octanol–water partition coefficient (Wildman–Crippen LogP) is 2.93. The highest BCUT2D eigenvalue weighted by Crippen LogP contribution is 2.17. The summed E-state index contributed by atoms with van der Waals surface area (Å²) in [6.45, 7) is 7.24. The van der Waals surface area contributed by atoms with Crippen LogP contribution < -0.4 is 5.32 Å². The second kappa shape index (κ2) is 6.16. The van der Waals surface area contributed by atoms with Gasteiger partial charge in [0.25, 0.3) is 0 Å². The van der Waals surface area contributed by atoms with Crippen LogP contribution in [0.4, 0.5) is 5.82 Å². The lowest BCUT2D eigenvalue weighted by Crippen LogP contribution is -2.08. The Kier molecular flexibility index (Phi) is 4.31. The summed E-state index contributed by atoms with van der Waals surface area (Å²) in [5.41, 5.74) is 5.76. The Morgan fingerprint density at radius 2 is 1.95 bits per heavy atom. The number of hydrogen-bond acceptors (Lipinski definition) is 4. The molecule has 0 amide bonds. The van der Waals surface area contributed by atoms with Gasteiger partial charge in [0.15, 0.2) is 0 Å². The molecule has 0 aliphatic heterocycles. The van der Waals surface area contributed by atoms with Crippen LogP contribution in [0.2, 0.25) is 0 Å². The zero-order chi connectivity index (χ0) is 14.5. The largest absolute Gasteiger partial charge is 0.370 e. The zero-order valence-electron chi connectivity index (χ0n) is 12.1. The molecule has 1 aromatic heterocycles. The minimum absolute atomic E-state index is 0.380. The van der Waals surface area contributed by atoms with Gasteiger partial charge in [-0.3, -0.25) is 0 Å². The Morgan fingerprint density at radius 3 is 2.70 bits per heavy atom. The predicted molar refractivity (Wildman–Crippen MR) is 79.6 cm³/mol. The van der Waals surface area contributed by atoms with Crippen molar-refractivity contribution in [3.63, 3.8) is 0 Å². The molecule has 0 aliphatic rings. The van der Waals surface area contributed by atoms with E-state index in [1.807, 2.05) is 6.07 Å². The van der Waals surface area contributed by atoms with Crippen LogP contribution in [0.3, 0.4) is 0 Å². The van der Waals surface area contributed by atoms with Crippen molar-refractivity contribution in [2.75, 3.05) is 11.9 Å². The second-order valence-corrected chi connectivity index (χ2v) is 4.87. The quantitative estimate of drug-likeness (QED) is 0.924. The molecule has 0 fully saturated rings. The smallest absolute Gasteiger partial charge is 0.145 e. The van der Waals surface area contributed by atoms with E-state index in [4.69, 9.17) is 5.26 Å². The van der Waals surface area contributed by atoms with Gasteiger partial charge in [-0.05, 0) is 49.4 Å². The average Bonchev–Trinajstić information content (AvgIpc) is 2.47. The summed E-state index contributed by atoms with van der Waals surface area (Å²) in [5, 5.41) is 12.0.